The van der Waals surface area contributed by atoms with E-state index in [0.717, 1.165) is 37.1 Å². The van der Waals surface area contributed by atoms with Gasteiger partial charge in [0.25, 0.3) is 5.91 Å². The number of amides is 2. The van der Waals surface area contributed by atoms with Gasteiger partial charge < -0.3 is 16.0 Å². The van der Waals surface area contributed by atoms with Crippen LogP contribution in [0.25, 0.3) is 0 Å². The maximum atomic E-state index is 13.6. The Balaban J connectivity index is 1.71. The molecule has 10 heteroatoms. The smallest absolute Gasteiger partial charge is 0.376 e. The maximum absolute atomic E-state index is 13.6. The number of carbonyl (C=O) groups is 2. The summed E-state index contributed by atoms with van der Waals surface area (Å²) < 4.78 is 53.7. The van der Waals surface area contributed by atoms with Crippen molar-refractivity contribution in [2.75, 3.05) is 17.2 Å². The van der Waals surface area contributed by atoms with Gasteiger partial charge in [0.2, 0.25) is 5.91 Å². The summed E-state index contributed by atoms with van der Waals surface area (Å²) in [4.78, 5) is 24.4. The van der Waals surface area contributed by atoms with E-state index in [1.165, 1.54) is 18.2 Å². The Morgan fingerprint density at radius 2 is 1.72 bits per heavy atom. The van der Waals surface area contributed by atoms with Gasteiger partial charge in [-0.15, -0.1) is 0 Å². The lowest BCUT2D eigenvalue weighted by Crippen LogP contribution is -2.47. The van der Waals surface area contributed by atoms with Crippen molar-refractivity contribution in [3.8, 4) is 6.07 Å². The fraction of sp³-hybridized carbons (Fsp3) is 0.318. The number of halogens is 4. The second-order valence-corrected chi connectivity index (χ2v) is 7.52. The van der Waals surface area contributed by atoms with Crippen LogP contribution >= 0.6 is 0 Å². The number of hydrogen-bond acceptors (Lipinski definition) is 4. The summed E-state index contributed by atoms with van der Waals surface area (Å²) in [5, 5.41) is 16.7. The van der Waals surface area contributed by atoms with Crippen LogP contribution in [0.15, 0.2) is 42.5 Å². The fourth-order valence-corrected chi connectivity index (χ4v) is 3.55. The molecule has 0 aliphatic heterocycles. The highest BCUT2D eigenvalue weighted by molar-refractivity contribution is 6.04. The lowest BCUT2D eigenvalue weighted by atomic mass is 10.00. The van der Waals surface area contributed by atoms with E-state index in [0.29, 0.717) is 12.8 Å². The first-order chi connectivity index (χ1) is 15.1. The van der Waals surface area contributed by atoms with Gasteiger partial charge in [0.15, 0.2) is 0 Å². The van der Waals surface area contributed by atoms with E-state index in [1.54, 1.807) is 0 Å². The number of nitrogens with one attached hydrogen (secondary N) is 3. The number of hydrogen-bond donors (Lipinski definition) is 3. The highest BCUT2D eigenvalue weighted by Crippen LogP contribution is 2.36. The topological polar surface area (TPSA) is 94.0 Å². The molecule has 3 N–H and O–H groups in total. The molecule has 0 unspecified atom stereocenters. The van der Waals surface area contributed by atoms with Crippen LogP contribution in [0.4, 0.5) is 28.9 Å². The molecule has 0 atom stereocenters. The molecule has 168 valence electrons. The monoisotopic (exact) mass is 448 g/mol. The molecule has 2 amide bonds. The molecule has 32 heavy (non-hydrogen) atoms. The van der Waals surface area contributed by atoms with Gasteiger partial charge in [0.1, 0.15) is 11.4 Å². The predicted octanol–water partition coefficient (Wildman–Crippen LogP) is 4.46. The van der Waals surface area contributed by atoms with Crippen molar-refractivity contribution in [3.05, 3.63) is 59.4 Å². The van der Waals surface area contributed by atoms with Gasteiger partial charge in [-0.2, -0.15) is 18.4 Å². The molecule has 1 aliphatic rings. The molecule has 0 radical (unpaired) electrons. The Morgan fingerprint density at radius 1 is 1.06 bits per heavy atom. The van der Waals surface area contributed by atoms with Crippen molar-refractivity contribution in [2.24, 2.45) is 0 Å². The Hall–Kier alpha value is -3.61. The average Bonchev–Trinajstić information content (AvgIpc) is 3.21. The molecule has 1 fully saturated rings. The summed E-state index contributed by atoms with van der Waals surface area (Å²) in [5.41, 5.74) is -2.42. The van der Waals surface area contributed by atoms with Crippen LogP contribution < -0.4 is 16.0 Å². The summed E-state index contributed by atoms with van der Waals surface area (Å²) in [6.45, 7) is -0.451. The fourth-order valence-electron chi connectivity index (χ4n) is 3.55. The molecular weight excluding hydrogens is 428 g/mol. The molecule has 0 bridgehead atoms. The second kappa shape index (κ2) is 9.26. The number of nitriles is 1. The molecule has 1 saturated carbocycles. The van der Waals surface area contributed by atoms with Crippen molar-refractivity contribution in [1.29, 1.82) is 5.26 Å². The van der Waals surface area contributed by atoms with Crippen molar-refractivity contribution in [2.45, 2.75) is 37.4 Å². The minimum atomic E-state index is -4.76. The number of alkyl halides is 3. The van der Waals surface area contributed by atoms with Crippen LogP contribution in [0.5, 0.6) is 0 Å². The van der Waals surface area contributed by atoms with Crippen molar-refractivity contribution >= 4 is 23.2 Å². The Kier molecular flexibility index (Phi) is 6.67. The zero-order valence-electron chi connectivity index (χ0n) is 16.9. The van der Waals surface area contributed by atoms with Gasteiger partial charge in [0, 0.05) is 16.9 Å². The van der Waals surface area contributed by atoms with Crippen LogP contribution in [-0.4, -0.2) is 23.9 Å². The van der Waals surface area contributed by atoms with Crippen LogP contribution in [0.1, 0.15) is 41.6 Å². The molecule has 2 aromatic carbocycles. The summed E-state index contributed by atoms with van der Waals surface area (Å²) in [6.07, 6.45) is -2.15. The van der Waals surface area contributed by atoms with Crippen LogP contribution in [0.2, 0.25) is 0 Å². The molecule has 1 aliphatic carbocycles. The third-order valence-corrected chi connectivity index (χ3v) is 5.18. The van der Waals surface area contributed by atoms with Gasteiger partial charge in [-0.1, -0.05) is 0 Å². The van der Waals surface area contributed by atoms with E-state index in [-0.39, 0.29) is 16.9 Å². The third-order valence-electron chi connectivity index (χ3n) is 5.18. The Labute approximate surface area is 181 Å². The van der Waals surface area contributed by atoms with E-state index < -0.39 is 41.5 Å². The Morgan fingerprint density at radius 3 is 2.31 bits per heavy atom. The first-order valence-corrected chi connectivity index (χ1v) is 9.86. The standard InChI is InChI=1S/C22H20F4N4O2/c23-15-5-3-14(4-6-15)20(32)29-16-7-8-18(17(11-16)22(24,25)26)28-12-19(31)30-21(13-27)9-1-2-10-21/h3-8,11,28H,1-2,9-10,12H2,(H,29,32)(H,30,31). The molecule has 6 nitrogen and oxygen atoms in total. The van der Waals surface area contributed by atoms with Gasteiger partial charge >= 0.3 is 6.18 Å². The van der Waals surface area contributed by atoms with Crippen molar-refractivity contribution < 1.29 is 27.2 Å². The third kappa shape index (κ3) is 5.55. The zero-order chi connectivity index (χ0) is 23.4. The zero-order valence-corrected chi connectivity index (χ0v) is 16.9. The average molecular weight is 448 g/mol. The minimum Gasteiger partial charge on any atom is -0.376 e. The molecule has 3 rings (SSSR count). The van der Waals surface area contributed by atoms with Crippen molar-refractivity contribution in [1.82, 2.24) is 5.32 Å². The Bertz CT molecular complexity index is 1040. The second-order valence-electron chi connectivity index (χ2n) is 7.52. The normalized spacial score (nSPS) is 15.0. The quantitative estimate of drug-likeness (QED) is 0.569. The first-order valence-electron chi connectivity index (χ1n) is 9.86. The minimum absolute atomic E-state index is 0.0807. The lowest BCUT2D eigenvalue weighted by molar-refractivity contribution is -0.137. The lowest BCUT2D eigenvalue weighted by Gasteiger charge is -2.22. The number of benzene rings is 2. The predicted molar refractivity (Wildman–Crippen MR) is 109 cm³/mol. The first kappa shape index (κ1) is 23.1. The van der Waals surface area contributed by atoms with Crippen molar-refractivity contribution in [3.63, 3.8) is 0 Å². The maximum Gasteiger partial charge on any atom is 0.418 e. The van der Waals surface area contributed by atoms with Crippen LogP contribution in [-0.2, 0) is 11.0 Å². The number of rotatable bonds is 6. The summed E-state index contributed by atoms with van der Waals surface area (Å²) in [6, 6.07) is 9.74. The van der Waals surface area contributed by atoms with Gasteiger partial charge in [-0.05, 0) is 68.1 Å². The van der Waals surface area contributed by atoms with Crippen LogP contribution in [0.3, 0.4) is 0 Å². The molecule has 0 aromatic heterocycles. The number of anilines is 2. The number of carbonyl (C=O) groups excluding carboxylic acids is 2. The van der Waals surface area contributed by atoms with Gasteiger partial charge in [-0.25, -0.2) is 4.39 Å². The van der Waals surface area contributed by atoms with E-state index in [1.807, 2.05) is 0 Å². The number of nitrogens with zero attached hydrogens (tertiary/aromatic N) is 1. The highest BCUT2D eigenvalue weighted by atomic mass is 19.4. The van der Waals surface area contributed by atoms with E-state index >= 15 is 0 Å². The SMILES string of the molecule is N#CC1(NC(=O)CNc2ccc(NC(=O)c3ccc(F)cc3)cc2C(F)(F)F)CCCC1. The largest absolute Gasteiger partial charge is 0.418 e. The molecular formula is C22H20F4N4O2. The summed E-state index contributed by atoms with van der Waals surface area (Å²) in [5.74, 6) is -1.83. The summed E-state index contributed by atoms with van der Waals surface area (Å²) >= 11 is 0. The summed E-state index contributed by atoms with van der Waals surface area (Å²) in [7, 11) is 0. The molecule has 0 saturated heterocycles. The van der Waals surface area contributed by atoms with E-state index in [4.69, 9.17) is 0 Å². The van der Waals surface area contributed by atoms with E-state index in [9.17, 15) is 32.4 Å². The highest BCUT2D eigenvalue weighted by Gasteiger charge is 2.36. The van der Waals surface area contributed by atoms with Gasteiger partial charge in [-0.3, -0.25) is 9.59 Å². The van der Waals surface area contributed by atoms with E-state index in [2.05, 4.69) is 22.0 Å². The molecule has 2 aromatic rings. The van der Waals surface area contributed by atoms with Crippen LogP contribution in [0, 0.1) is 17.1 Å². The van der Waals surface area contributed by atoms with Gasteiger partial charge in [0.05, 0.1) is 18.2 Å². The molecule has 0 spiro atoms. The molecule has 0 heterocycles.